The van der Waals surface area contributed by atoms with Crippen LogP contribution in [0.2, 0.25) is 0 Å². The van der Waals surface area contributed by atoms with E-state index in [9.17, 15) is 14.9 Å². The van der Waals surface area contributed by atoms with Crippen LogP contribution in [-0.4, -0.2) is 30.2 Å². The summed E-state index contributed by atoms with van der Waals surface area (Å²) in [5.74, 6) is -0.759. The van der Waals surface area contributed by atoms with E-state index in [1.165, 1.54) is 4.90 Å². The van der Waals surface area contributed by atoms with E-state index in [1.54, 1.807) is 48.7 Å². The number of carbonyl (C=O) groups excluding carboxylic acids is 2. The second-order valence-electron chi connectivity index (χ2n) is 7.95. The number of anilines is 1. The van der Waals surface area contributed by atoms with Crippen molar-refractivity contribution in [3.8, 4) is 11.8 Å². The molecule has 6 heteroatoms. The number of fused-ring (bicyclic) bond motifs is 1. The van der Waals surface area contributed by atoms with Crippen molar-refractivity contribution < 1.29 is 14.3 Å². The molecule has 2 aromatic rings. The minimum Gasteiger partial charge on any atom is -0.494 e. The van der Waals surface area contributed by atoms with Gasteiger partial charge in [0.15, 0.2) is 0 Å². The van der Waals surface area contributed by atoms with Gasteiger partial charge in [-0.3, -0.25) is 14.6 Å². The molecular weight excluding hydrogens is 390 g/mol. The zero-order valence-corrected chi connectivity index (χ0v) is 17.6. The molecule has 2 amide bonds. The van der Waals surface area contributed by atoms with Crippen molar-refractivity contribution in [1.82, 2.24) is 0 Å². The molecule has 158 valence electrons. The maximum absolute atomic E-state index is 13.5. The van der Waals surface area contributed by atoms with Gasteiger partial charge in [-0.15, -0.1) is 0 Å². The lowest BCUT2D eigenvalue weighted by atomic mass is 9.83. The van der Waals surface area contributed by atoms with Gasteiger partial charge >= 0.3 is 0 Å². The van der Waals surface area contributed by atoms with Gasteiger partial charge in [0, 0.05) is 11.8 Å². The molecule has 0 saturated heterocycles. The third kappa shape index (κ3) is 3.96. The largest absolute Gasteiger partial charge is 0.494 e. The molecule has 0 unspecified atom stereocenters. The molecule has 0 radical (unpaired) electrons. The Labute approximate surface area is 182 Å². The summed E-state index contributed by atoms with van der Waals surface area (Å²) in [5.41, 5.74) is 0.812. The van der Waals surface area contributed by atoms with Crippen LogP contribution in [0, 0.1) is 11.3 Å². The average Bonchev–Trinajstić information content (AvgIpc) is 2.81. The van der Waals surface area contributed by atoms with E-state index >= 15 is 0 Å². The number of hydrogen-bond donors (Lipinski definition) is 0. The number of carbonyl (C=O) groups is 2. The van der Waals surface area contributed by atoms with Crippen LogP contribution in [0.15, 0.2) is 53.5 Å². The van der Waals surface area contributed by atoms with Crippen molar-refractivity contribution in [3.05, 3.63) is 59.7 Å². The summed E-state index contributed by atoms with van der Waals surface area (Å²) in [7, 11) is 0. The molecule has 4 rings (SSSR count). The van der Waals surface area contributed by atoms with Crippen LogP contribution in [0.3, 0.4) is 0 Å². The first kappa shape index (κ1) is 20.8. The second-order valence-corrected chi connectivity index (χ2v) is 7.95. The van der Waals surface area contributed by atoms with E-state index in [-0.39, 0.29) is 11.8 Å². The minimum atomic E-state index is -0.779. The van der Waals surface area contributed by atoms with Gasteiger partial charge in [0.05, 0.1) is 24.3 Å². The Hall–Kier alpha value is -3.46. The maximum atomic E-state index is 13.5. The van der Waals surface area contributed by atoms with Crippen molar-refractivity contribution >= 4 is 23.7 Å². The van der Waals surface area contributed by atoms with Gasteiger partial charge in [-0.05, 0) is 68.5 Å². The Kier molecular flexibility index (Phi) is 5.85. The molecule has 2 aromatic carbocycles. The lowest BCUT2D eigenvalue weighted by Crippen LogP contribution is -2.45. The summed E-state index contributed by atoms with van der Waals surface area (Å²) in [6.45, 7) is 2.43. The van der Waals surface area contributed by atoms with Crippen LogP contribution in [0.5, 0.6) is 5.75 Å². The van der Waals surface area contributed by atoms with Crippen molar-refractivity contribution in [3.63, 3.8) is 0 Å². The standard InChI is InChI=1S/C25H25N3O3/c1-2-31-19-12-10-18(11-13-19)28-23(29)21-9-5-4-8-20(21)22(24(28)30)16-27-25(17-26)14-6-3-7-15-25/h4-5,8-13,16,22H,2-3,6-7,14-15H2,1H3/t22-/m1/s1. The Morgan fingerprint density at radius 3 is 2.52 bits per heavy atom. The molecule has 1 atom stereocenters. The number of imide groups is 1. The van der Waals surface area contributed by atoms with E-state index in [1.807, 2.05) is 13.0 Å². The number of nitrogens with zero attached hydrogens (tertiary/aromatic N) is 3. The highest BCUT2D eigenvalue weighted by molar-refractivity contribution is 6.29. The van der Waals surface area contributed by atoms with E-state index < -0.39 is 11.5 Å². The molecule has 0 aromatic heterocycles. The summed E-state index contributed by atoms with van der Waals surface area (Å²) in [6, 6.07) is 16.4. The van der Waals surface area contributed by atoms with E-state index in [2.05, 4.69) is 11.1 Å². The summed E-state index contributed by atoms with van der Waals surface area (Å²) < 4.78 is 5.47. The molecule has 1 heterocycles. The molecule has 1 saturated carbocycles. The monoisotopic (exact) mass is 415 g/mol. The van der Waals surface area contributed by atoms with Gasteiger partial charge in [-0.2, -0.15) is 5.26 Å². The quantitative estimate of drug-likeness (QED) is 0.526. The molecular formula is C25H25N3O3. The second kappa shape index (κ2) is 8.73. The van der Waals surface area contributed by atoms with Crippen LogP contribution in [0.1, 0.15) is 60.9 Å². The molecule has 1 fully saturated rings. The molecule has 1 aliphatic carbocycles. The Bertz CT molecular complexity index is 1050. The van der Waals surface area contributed by atoms with Crippen LogP contribution >= 0.6 is 0 Å². The fourth-order valence-corrected chi connectivity index (χ4v) is 4.33. The van der Waals surface area contributed by atoms with Crippen LogP contribution in [-0.2, 0) is 4.79 Å². The first-order valence-corrected chi connectivity index (χ1v) is 10.8. The third-order valence-electron chi connectivity index (χ3n) is 5.98. The number of rotatable bonds is 5. The molecule has 0 N–H and O–H groups in total. The molecule has 0 spiro atoms. The van der Waals surface area contributed by atoms with Crippen molar-refractivity contribution in [2.75, 3.05) is 11.5 Å². The zero-order valence-electron chi connectivity index (χ0n) is 17.6. The van der Waals surface area contributed by atoms with Crippen molar-refractivity contribution in [2.45, 2.75) is 50.5 Å². The van der Waals surface area contributed by atoms with Gasteiger partial charge in [-0.1, -0.05) is 24.6 Å². The van der Waals surface area contributed by atoms with Gasteiger partial charge in [0.25, 0.3) is 5.91 Å². The molecule has 0 bridgehead atoms. The first-order chi connectivity index (χ1) is 15.1. The summed E-state index contributed by atoms with van der Waals surface area (Å²) in [4.78, 5) is 32.5. The highest BCUT2D eigenvalue weighted by Gasteiger charge is 2.40. The van der Waals surface area contributed by atoms with Crippen LogP contribution in [0.4, 0.5) is 5.69 Å². The van der Waals surface area contributed by atoms with Crippen LogP contribution < -0.4 is 9.64 Å². The van der Waals surface area contributed by atoms with Gasteiger partial charge in [0.1, 0.15) is 11.3 Å². The van der Waals surface area contributed by atoms with Gasteiger partial charge in [-0.25, -0.2) is 4.90 Å². The Balaban J connectivity index is 1.72. The Morgan fingerprint density at radius 1 is 1.13 bits per heavy atom. The smallest absolute Gasteiger partial charge is 0.265 e. The predicted molar refractivity (Wildman–Crippen MR) is 119 cm³/mol. The number of ether oxygens (including phenoxy) is 1. The normalized spacial score (nSPS) is 20.4. The number of aliphatic imine (C=N–C) groups is 1. The third-order valence-corrected chi connectivity index (χ3v) is 5.98. The highest BCUT2D eigenvalue weighted by Crippen LogP contribution is 2.35. The maximum Gasteiger partial charge on any atom is 0.265 e. The van der Waals surface area contributed by atoms with Gasteiger partial charge in [0.2, 0.25) is 5.91 Å². The van der Waals surface area contributed by atoms with Crippen molar-refractivity contribution in [1.29, 1.82) is 5.26 Å². The number of amides is 2. The molecule has 31 heavy (non-hydrogen) atoms. The van der Waals surface area contributed by atoms with Crippen LogP contribution in [0.25, 0.3) is 0 Å². The highest BCUT2D eigenvalue weighted by atomic mass is 16.5. The topological polar surface area (TPSA) is 82.8 Å². The first-order valence-electron chi connectivity index (χ1n) is 10.8. The summed E-state index contributed by atoms with van der Waals surface area (Å²) >= 11 is 0. The molecule has 6 nitrogen and oxygen atoms in total. The van der Waals surface area contributed by atoms with E-state index in [4.69, 9.17) is 4.74 Å². The lowest BCUT2D eigenvalue weighted by Gasteiger charge is -2.32. The molecule has 1 aliphatic heterocycles. The number of hydrogen-bond acceptors (Lipinski definition) is 5. The van der Waals surface area contributed by atoms with E-state index in [0.29, 0.717) is 42.0 Å². The zero-order chi connectivity index (χ0) is 21.8. The fourth-order valence-electron chi connectivity index (χ4n) is 4.33. The summed E-state index contributed by atoms with van der Waals surface area (Å²) in [5, 5.41) is 9.75. The van der Waals surface area contributed by atoms with E-state index in [0.717, 1.165) is 19.3 Å². The SMILES string of the molecule is CCOc1ccc(N2C(=O)c3ccccc3[C@@H](C=NC3(C#N)CCCCC3)C2=O)cc1. The van der Waals surface area contributed by atoms with Gasteiger partial charge < -0.3 is 4.74 Å². The van der Waals surface area contributed by atoms with Crippen molar-refractivity contribution in [2.24, 2.45) is 4.99 Å². The molecule has 2 aliphatic rings. The number of nitriles is 1. The predicted octanol–water partition coefficient (Wildman–Crippen LogP) is 4.65. The number of benzene rings is 2. The Morgan fingerprint density at radius 2 is 1.84 bits per heavy atom. The average molecular weight is 415 g/mol. The lowest BCUT2D eigenvalue weighted by molar-refractivity contribution is -0.118. The summed E-state index contributed by atoms with van der Waals surface area (Å²) in [6.07, 6.45) is 6.00. The minimum absolute atomic E-state index is 0.359. The fraction of sp³-hybridized carbons (Fsp3) is 0.360.